The number of ether oxygens (including phenoxy) is 1. The third-order valence-electron chi connectivity index (χ3n) is 7.50. The highest BCUT2D eigenvalue weighted by Gasteiger charge is 2.30. The standard InChI is InChI=1S/C31H38N4O2/c1-31(2)13-12-27-26(18-31)28(17-25(33-27)20-34(4)5)35-14-15-37-29-11-10-23(16-24(29)19-35)21-6-8-22(9-7-21)30(36)32-3/h6-11,16-17H,12-15,18-20H2,1-5H3,(H,32,36). The largest absolute Gasteiger partial charge is 0.491 e. The van der Waals surface area contributed by atoms with E-state index in [-0.39, 0.29) is 11.3 Å². The molecule has 1 aliphatic heterocycles. The molecule has 0 fully saturated rings. The van der Waals surface area contributed by atoms with Crippen LogP contribution in [0.5, 0.6) is 5.75 Å². The van der Waals surface area contributed by atoms with E-state index in [4.69, 9.17) is 9.72 Å². The van der Waals surface area contributed by atoms with Crippen LogP contribution in [0.1, 0.15) is 53.1 Å². The smallest absolute Gasteiger partial charge is 0.251 e. The number of anilines is 1. The SMILES string of the molecule is CNC(=O)c1ccc(-c2ccc3c(c2)CN(c2cc(CN(C)C)nc4c2CC(C)(C)CC4)CCO3)cc1. The summed E-state index contributed by atoms with van der Waals surface area (Å²) in [4.78, 5) is 21.7. The molecule has 6 nitrogen and oxygen atoms in total. The van der Waals surface area contributed by atoms with Crippen LogP contribution < -0.4 is 15.0 Å². The van der Waals surface area contributed by atoms with Crippen molar-refractivity contribution in [3.8, 4) is 16.9 Å². The van der Waals surface area contributed by atoms with E-state index in [0.717, 1.165) is 55.0 Å². The number of carbonyl (C=O) groups excluding carboxylic acids is 1. The van der Waals surface area contributed by atoms with Crippen molar-refractivity contribution in [2.24, 2.45) is 5.41 Å². The van der Waals surface area contributed by atoms with E-state index in [2.05, 4.69) is 67.3 Å². The van der Waals surface area contributed by atoms with Crippen molar-refractivity contribution in [2.45, 2.75) is 46.2 Å². The van der Waals surface area contributed by atoms with E-state index in [0.29, 0.717) is 12.2 Å². The van der Waals surface area contributed by atoms with Crippen LogP contribution in [0.4, 0.5) is 5.69 Å². The molecule has 1 N–H and O–H groups in total. The monoisotopic (exact) mass is 498 g/mol. The second-order valence-electron chi connectivity index (χ2n) is 11.4. The first-order valence-electron chi connectivity index (χ1n) is 13.2. The van der Waals surface area contributed by atoms with E-state index in [1.165, 1.54) is 28.9 Å². The number of amides is 1. The molecule has 0 spiro atoms. The number of hydrogen-bond acceptors (Lipinski definition) is 5. The normalized spacial score (nSPS) is 16.4. The van der Waals surface area contributed by atoms with Crippen LogP contribution in [0.2, 0.25) is 0 Å². The molecule has 0 atom stereocenters. The minimum atomic E-state index is -0.0741. The quantitative estimate of drug-likeness (QED) is 0.531. The van der Waals surface area contributed by atoms with Crippen LogP contribution in [-0.4, -0.2) is 50.1 Å². The van der Waals surface area contributed by atoms with Gasteiger partial charge in [-0.3, -0.25) is 9.78 Å². The molecule has 2 aromatic carbocycles. The summed E-state index contributed by atoms with van der Waals surface area (Å²) in [5, 5.41) is 2.68. The molecule has 5 rings (SSSR count). The molecule has 194 valence electrons. The number of aryl methyl sites for hydroxylation is 1. The van der Waals surface area contributed by atoms with Gasteiger partial charge in [-0.05, 0) is 85.8 Å². The summed E-state index contributed by atoms with van der Waals surface area (Å²) in [5.41, 5.74) is 9.45. The summed E-state index contributed by atoms with van der Waals surface area (Å²) >= 11 is 0. The molecule has 2 heterocycles. The minimum absolute atomic E-state index is 0.0741. The Labute approximate surface area is 220 Å². The fourth-order valence-electron chi connectivity index (χ4n) is 5.51. The van der Waals surface area contributed by atoms with Crippen LogP contribution in [0, 0.1) is 5.41 Å². The van der Waals surface area contributed by atoms with Gasteiger partial charge in [-0.1, -0.05) is 32.0 Å². The Morgan fingerprint density at radius 1 is 1.11 bits per heavy atom. The number of hydrogen-bond donors (Lipinski definition) is 1. The van der Waals surface area contributed by atoms with Gasteiger partial charge in [-0.15, -0.1) is 0 Å². The molecule has 0 unspecified atom stereocenters. The maximum Gasteiger partial charge on any atom is 0.251 e. The lowest BCUT2D eigenvalue weighted by atomic mass is 9.75. The Morgan fingerprint density at radius 2 is 1.86 bits per heavy atom. The van der Waals surface area contributed by atoms with E-state index in [1.807, 2.05) is 24.3 Å². The second kappa shape index (κ2) is 10.2. The van der Waals surface area contributed by atoms with Gasteiger partial charge in [-0.2, -0.15) is 0 Å². The van der Waals surface area contributed by atoms with Crippen molar-refractivity contribution in [3.63, 3.8) is 0 Å². The van der Waals surface area contributed by atoms with Gasteiger partial charge in [0, 0.05) is 42.6 Å². The van der Waals surface area contributed by atoms with E-state index < -0.39 is 0 Å². The highest BCUT2D eigenvalue weighted by Crippen LogP contribution is 2.40. The maximum absolute atomic E-state index is 11.9. The fraction of sp³-hybridized carbons (Fsp3) is 0.419. The van der Waals surface area contributed by atoms with Crippen LogP contribution >= 0.6 is 0 Å². The number of nitrogens with one attached hydrogen (secondary N) is 1. The topological polar surface area (TPSA) is 57.7 Å². The molecule has 6 heteroatoms. The Bertz CT molecular complexity index is 1300. The first-order chi connectivity index (χ1) is 17.7. The molecule has 0 saturated carbocycles. The Hall–Kier alpha value is -3.38. The van der Waals surface area contributed by atoms with E-state index >= 15 is 0 Å². The van der Waals surface area contributed by atoms with Crippen molar-refractivity contribution in [2.75, 3.05) is 39.2 Å². The van der Waals surface area contributed by atoms with Crippen molar-refractivity contribution in [1.82, 2.24) is 15.2 Å². The minimum Gasteiger partial charge on any atom is -0.491 e. The number of benzene rings is 2. The van der Waals surface area contributed by atoms with Crippen molar-refractivity contribution in [1.29, 1.82) is 0 Å². The molecule has 37 heavy (non-hydrogen) atoms. The number of nitrogens with zero attached hydrogens (tertiary/aromatic N) is 3. The Kier molecular flexibility index (Phi) is 6.95. The van der Waals surface area contributed by atoms with E-state index in [9.17, 15) is 4.79 Å². The third kappa shape index (κ3) is 5.49. The van der Waals surface area contributed by atoms with Crippen LogP contribution in [0.3, 0.4) is 0 Å². The summed E-state index contributed by atoms with van der Waals surface area (Å²) in [5.74, 6) is 0.875. The van der Waals surface area contributed by atoms with Crippen molar-refractivity contribution < 1.29 is 9.53 Å². The zero-order chi connectivity index (χ0) is 26.2. The Balaban J connectivity index is 1.50. The number of pyridine rings is 1. The fourth-order valence-corrected chi connectivity index (χ4v) is 5.51. The first kappa shape index (κ1) is 25.3. The van der Waals surface area contributed by atoms with Gasteiger partial charge in [0.25, 0.3) is 5.91 Å². The molecular weight excluding hydrogens is 460 g/mol. The van der Waals surface area contributed by atoms with Crippen LogP contribution in [0.25, 0.3) is 11.1 Å². The van der Waals surface area contributed by atoms with Gasteiger partial charge >= 0.3 is 0 Å². The van der Waals surface area contributed by atoms with Gasteiger partial charge in [0.15, 0.2) is 0 Å². The third-order valence-corrected chi connectivity index (χ3v) is 7.50. The lowest BCUT2D eigenvalue weighted by molar-refractivity contribution is 0.0963. The van der Waals surface area contributed by atoms with Crippen molar-refractivity contribution >= 4 is 11.6 Å². The molecule has 0 saturated heterocycles. The van der Waals surface area contributed by atoms with Crippen LogP contribution in [-0.2, 0) is 25.9 Å². The Morgan fingerprint density at radius 3 is 2.59 bits per heavy atom. The lowest BCUT2D eigenvalue weighted by Crippen LogP contribution is -2.31. The van der Waals surface area contributed by atoms with Gasteiger partial charge in [0.05, 0.1) is 12.2 Å². The molecule has 1 aromatic heterocycles. The molecule has 0 bridgehead atoms. The van der Waals surface area contributed by atoms with Gasteiger partial charge in [0.2, 0.25) is 0 Å². The predicted molar refractivity (Wildman–Crippen MR) is 149 cm³/mol. The average molecular weight is 499 g/mol. The summed E-state index contributed by atoms with van der Waals surface area (Å²) < 4.78 is 6.22. The summed E-state index contributed by atoms with van der Waals surface area (Å²) in [7, 11) is 5.85. The predicted octanol–water partition coefficient (Wildman–Crippen LogP) is 5.08. The lowest BCUT2D eigenvalue weighted by Gasteiger charge is -2.35. The van der Waals surface area contributed by atoms with Gasteiger partial charge < -0.3 is 19.9 Å². The van der Waals surface area contributed by atoms with Crippen molar-refractivity contribution in [3.05, 3.63) is 76.6 Å². The number of carbonyl (C=O) groups is 1. The number of aromatic nitrogens is 1. The maximum atomic E-state index is 11.9. The summed E-state index contributed by atoms with van der Waals surface area (Å²) in [6.07, 6.45) is 3.26. The molecule has 0 radical (unpaired) electrons. The van der Waals surface area contributed by atoms with Crippen LogP contribution in [0.15, 0.2) is 48.5 Å². The highest BCUT2D eigenvalue weighted by molar-refractivity contribution is 5.94. The summed E-state index contributed by atoms with van der Waals surface area (Å²) in [6, 6.07) is 16.5. The number of rotatable bonds is 5. The zero-order valence-electron chi connectivity index (χ0n) is 22.7. The molecular formula is C31H38N4O2. The molecule has 1 amide bonds. The zero-order valence-corrected chi connectivity index (χ0v) is 22.7. The molecule has 3 aromatic rings. The van der Waals surface area contributed by atoms with Gasteiger partial charge in [0.1, 0.15) is 12.4 Å². The first-order valence-corrected chi connectivity index (χ1v) is 13.2. The van der Waals surface area contributed by atoms with Gasteiger partial charge in [-0.25, -0.2) is 0 Å². The highest BCUT2D eigenvalue weighted by atomic mass is 16.5. The molecule has 1 aliphatic carbocycles. The van der Waals surface area contributed by atoms with E-state index in [1.54, 1.807) is 7.05 Å². The average Bonchev–Trinajstić information content (AvgIpc) is 3.09. The summed E-state index contributed by atoms with van der Waals surface area (Å²) in [6.45, 7) is 7.85. The number of fused-ring (bicyclic) bond motifs is 2. The second-order valence-corrected chi connectivity index (χ2v) is 11.4. The molecule has 2 aliphatic rings.